The summed E-state index contributed by atoms with van der Waals surface area (Å²) >= 11 is 6.07. The number of hydrogen-bond donors (Lipinski definition) is 0. The third-order valence-electron chi connectivity index (χ3n) is 3.60. The maximum Gasteiger partial charge on any atom is 0.266 e. The molecule has 6 heteroatoms. The molecule has 3 rings (SSSR count). The standard InChI is InChI=1S/C19H15ClN2O3/c1-22-19(24)11-10-16(21-22)17(23)12-13-6-8-14(9-7-13)25-18-5-3-2-4-15(18)20/h2-11H,12H2,1H3. The van der Waals surface area contributed by atoms with Gasteiger partial charge in [0.25, 0.3) is 5.56 Å². The number of aryl methyl sites for hydroxylation is 1. The van der Waals surface area contributed by atoms with Gasteiger partial charge in [-0.3, -0.25) is 9.59 Å². The summed E-state index contributed by atoms with van der Waals surface area (Å²) in [4.78, 5) is 23.6. The number of nitrogens with zero attached hydrogens (tertiary/aromatic N) is 2. The SMILES string of the molecule is Cn1nc(C(=O)Cc2ccc(Oc3ccccc3Cl)cc2)ccc1=O. The zero-order valence-corrected chi connectivity index (χ0v) is 14.2. The Morgan fingerprint density at radius 3 is 2.48 bits per heavy atom. The van der Waals surface area contributed by atoms with Crippen molar-refractivity contribution in [2.45, 2.75) is 6.42 Å². The van der Waals surface area contributed by atoms with Gasteiger partial charge in [0.15, 0.2) is 5.78 Å². The van der Waals surface area contributed by atoms with Crippen molar-refractivity contribution in [2.75, 3.05) is 0 Å². The lowest BCUT2D eigenvalue weighted by molar-refractivity contribution is 0.0986. The van der Waals surface area contributed by atoms with Crippen LogP contribution in [0.2, 0.25) is 5.02 Å². The Morgan fingerprint density at radius 1 is 1.08 bits per heavy atom. The summed E-state index contributed by atoms with van der Waals surface area (Å²) in [6.07, 6.45) is 0.192. The van der Waals surface area contributed by atoms with Crippen LogP contribution >= 0.6 is 11.6 Å². The molecule has 0 radical (unpaired) electrons. The number of halogens is 1. The van der Waals surface area contributed by atoms with Gasteiger partial charge in [0.2, 0.25) is 0 Å². The summed E-state index contributed by atoms with van der Waals surface area (Å²) in [6, 6.07) is 17.2. The molecule has 3 aromatic rings. The van der Waals surface area contributed by atoms with E-state index < -0.39 is 0 Å². The van der Waals surface area contributed by atoms with Gasteiger partial charge in [0.1, 0.15) is 17.2 Å². The number of rotatable bonds is 5. The molecule has 0 atom stereocenters. The largest absolute Gasteiger partial charge is 0.456 e. The van der Waals surface area contributed by atoms with Crippen molar-refractivity contribution in [3.8, 4) is 11.5 Å². The Bertz CT molecular complexity index is 965. The monoisotopic (exact) mass is 354 g/mol. The quantitative estimate of drug-likeness (QED) is 0.656. The van der Waals surface area contributed by atoms with Crippen molar-refractivity contribution in [1.82, 2.24) is 9.78 Å². The summed E-state index contributed by atoms with van der Waals surface area (Å²) in [6.45, 7) is 0. The number of ketones is 1. The van der Waals surface area contributed by atoms with E-state index >= 15 is 0 Å². The van der Waals surface area contributed by atoms with Crippen LogP contribution in [0.1, 0.15) is 16.1 Å². The molecule has 25 heavy (non-hydrogen) atoms. The van der Waals surface area contributed by atoms with E-state index in [4.69, 9.17) is 16.3 Å². The molecule has 0 amide bonds. The van der Waals surface area contributed by atoms with Crippen LogP contribution in [0.3, 0.4) is 0 Å². The van der Waals surface area contributed by atoms with Crippen molar-refractivity contribution in [2.24, 2.45) is 7.05 Å². The van der Waals surface area contributed by atoms with Crippen molar-refractivity contribution < 1.29 is 9.53 Å². The molecule has 0 saturated carbocycles. The average Bonchev–Trinajstić information content (AvgIpc) is 2.61. The van der Waals surface area contributed by atoms with Crippen LogP contribution < -0.4 is 10.3 Å². The topological polar surface area (TPSA) is 61.2 Å². The van der Waals surface area contributed by atoms with Crippen LogP contribution in [-0.2, 0) is 13.5 Å². The summed E-state index contributed by atoms with van der Waals surface area (Å²) in [5.74, 6) is 1.04. The fourth-order valence-corrected chi connectivity index (χ4v) is 2.43. The van der Waals surface area contributed by atoms with Crippen molar-refractivity contribution in [3.05, 3.63) is 87.3 Å². The average molecular weight is 355 g/mol. The Kier molecular flexibility index (Phi) is 4.95. The van der Waals surface area contributed by atoms with Gasteiger partial charge in [0, 0.05) is 19.5 Å². The number of carbonyl (C=O) groups is 1. The van der Waals surface area contributed by atoms with Crippen molar-refractivity contribution in [1.29, 1.82) is 0 Å². The van der Waals surface area contributed by atoms with Crippen LogP contribution in [0.5, 0.6) is 11.5 Å². The molecule has 0 bridgehead atoms. The smallest absolute Gasteiger partial charge is 0.266 e. The van der Waals surface area contributed by atoms with E-state index in [9.17, 15) is 9.59 Å². The highest BCUT2D eigenvalue weighted by atomic mass is 35.5. The van der Waals surface area contributed by atoms with Gasteiger partial charge in [-0.25, -0.2) is 4.68 Å². The van der Waals surface area contributed by atoms with Gasteiger partial charge < -0.3 is 4.74 Å². The first-order valence-corrected chi connectivity index (χ1v) is 7.99. The van der Waals surface area contributed by atoms with E-state index in [1.54, 1.807) is 24.3 Å². The molecule has 1 aromatic heterocycles. The first kappa shape index (κ1) is 16.9. The summed E-state index contributed by atoms with van der Waals surface area (Å²) in [5.41, 5.74) is 0.836. The zero-order valence-electron chi connectivity index (χ0n) is 13.5. The molecule has 126 valence electrons. The maximum absolute atomic E-state index is 12.3. The van der Waals surface area contributed by atoms with E-state index in [1.807, 2.05) is 24.3 Å². The van der Waals surface area contributed by atoms with E-state index in [-0.39, 0.29) is 23.5 Å². The molecule has 2 aromatic carbocycles. The molecule has 0 aliphatic carbocycles. The Hall–Kier alpha value is -2.92. The minimum Gasteiger partial charge on any atom is -0.456 e. The molecule has 5 nitrogen and oxygen atoms in total. The molecule has 0 spiro atoms. The second kappa shape index (κ2) is 7.32. The fourth-order valence-electron chi connectivity index (χ4n) is 2.26. The number of para-hydroxylation sites is 1. The van der Waals surface area contributed by atoms with Crippen molar-refractivity contribution in [3.63, 3.8) is 0 Å². The number of benzene rings is 2. The molecule has 1 heterocycles. The molecule has 0 saturated heterocycles. The van der Waals surface area contributed by atoms with E-state index in [0.29, 0.717) is 16.5 Å². The van der Waals surface area contributed by atoms with Gasteiger partial charge in [-0.2, -0.15) is 5.10 Å². The van der Waals surface area contributed by atoms with Crippen molar-refractivity contribution >= 4 is 17.4 Å². The maximum atomic E-state index is 12.3. The highest BCUT2D eigenvalue weighted by Crippen LogP contribution is 2.28. The lowest BCUT2D eigenvalue weighted by Crippen LogP contribution is -2.21. The Morgan fingerprint density at radius 2 is 1.80 bits per heavy atom. The molecule has 0 N–H and O–H groups in total. The lowest BCUT2D eigenvalue weighted by atomic mass is 10.1. The molecule has 0 fully saturated rings. The molecular formula is C19H15ClN2O3. The Labute approximate surface area is 149 Å². The third-order valence-corrected chi connectivity index (χ3v) is 3.91. The molecule has 0 unspecified atom stereocenters. The van der Waals surface area contributed by atoms with Crippen LogP contribution in [0.4, 0.5) is 0 Å². The second-order valence-corrected chi connectivity index (χ2v) is 5.86. The van der Waals surface area contributed by atoms with Gasteiger partial charge in [-0.15, -0.1) is 0 Å². The Balaban J connectivity index is 1.70. The molecule has 0 aliphatic rings. The lowest BCUT2D eigenvalue weighted by Gasteiger charge is -2.08. The first-order valence-electron chi connectivity index (χ1n) is 7.62. The first-order chi connectivity index (χ1) is 12.0. The van der Waals surface area contributed by atoms with Crippen LogP contribution in [0.15, 0.2) is 65.5 Å². The number of hydrogen-bond acceptors (Lipinski definition) is 4. The number of carbonyl (C=O) groups excluding carboxylic acids is 1. The summed E-state index contributed by atoms with van der Waals surface area (Å²) in [5, 5.41) is 4.50. The molecule has 0 aliphatic heterocycles. The van der Waals surface area contributed by atoms with Crippen LogP contribution in [-0.4, -0.2) is 15.6 Å². The van der Waals surface area contributed by atoms with E-state index in [1.165, 1.54) is 19.2 Å². The van der Waals surface area contributed by atoms with Gasteiger partial charge >= 0.3 is 0 Å². The second-order valence-electron chi connectivity index (χ2n) is 5.46. The van der Waals surface area contributed by atoms with Gasteiger partial charge in [-0.05, 0) is 35.9 Å². The number of Topliss-reactive ketones (excluding diaryl/α,β-unsaturated/α-hetero) is 1. The zero-order chi connectivity index (χ0) is 17.8. The predicted octanol–water partition coefficient (Wildman–Crippen LogP) is 3.65. The minimum absolute atomic E-state index is 0.157. The third kappa shape index (κ3) is 4.14. The minimum atomic E-state index is -0.252. The normalized spacial score (nSPS) is 10.5. The fraction of sp³-hybridized carbons (Fsp3) is 0.105. The summed E-state index contributed by atoms with van der Waals surface area (Å²) in [7, 11) is 1.51. The van der Waals surface area contributed by atoms with Gasteiger partial charge in [0.05, 0.1) is 5.02 Å². The highest BCUT2D eigenvalue weighted by Gasteiger charge is 2.10. The van der Waals surface area contributed by atoms with Crippen LogP contribution in [0.25, 0.3) is 0 Å². The van der Waals surface area contributed by atoms with E-state index in [0.717, 1.165) is 10.2 Å². The van der Waals surface area contributed by atoms with E-state index in [2.05, 4.69) is 5.10 Å². The highest BCUT2D eigenvalue weighted by molar-refractivity contribution is 6.32. The number of ether oxygens (including phenoxy) is 1. The number of aromatic nitrogens is 2. The molecular weight excluding hydrogens is 340 g/mol. The predicted molar refractivity (Wildman–Crippen MR) is 95.5 cm³/mol. The summed E-state index contributed by atoms with van der Waals surface area (Å²) < 4.78 is 6.86. The van der Waals surface area contributed by atoms with Gasteiger partial charge in [-0.1, -0.05) is 35.9 Å². The van der Waals surface area contributed by atoms with Crippen LogP contribution in [0, 0.1) is 0 Å².